The number of H-pyrrole nitrogens is 1. The predicted molar refractivity (Wildman–Crippen MR) is 127 cm³/mol. The van der Waals surface area contributed by atoms with E-state index < -0.39 is 0 Å². The van der Waals surface area contributed by atoms with Gasteiger partial charge in [0, 0.05) is 47.0 Å². The first-order chi connectivity index (χ1) is 16.2. The van der Waals surface area contributed by atoms with E-state index in [9.17, 15) is 4.79 Å². The van der Waals surface area contributed by atoms with Gasteiger partial charge >= 0.3 is 0 Å². The Kier molecular flexibility index (Phi) is 5.51. The van der Waals surface area contributed by atoms with Crippen molar-refractivity contribution in [2.45, 2.75) is 13.5 Å². The van der Waals surface area contributed by atoms with Crippen LogP contribution >= 0.6 is 0 Å². The maximum Gasteiger partial charge on any atom is 0.276 e. The van der Waals surface area contributed by atoms with Crippen LogP contribution in [0.2, 0.25) is 0 Å². The van der Waals surface area contributed by atoms with E-state index >= 15 is 0 Å². The number of hydrogen-bond acceptors (Lipinski definition) is 5. The highest BCUT2D eigenvalue weighted by Crippen LogP contribution is 2.29. The molecule has 3 aromatic heterocycles. The molecule has 162 valence electrons. The van der Waals surface area contributed by atoms with Gasteiger partial charge in [-0.15, -0.1) is 0 Å². The normalized spacial score (nSPS) is 10.8. The number of pyridine rings is 2. The monoisotopic (exact) mass is 435 g/mol. The van der Waals surface area contributed by atoms with Crippen LogP contribution in [-0.4, -0.2) is 26.1 Å². The van der Waals surface area contributed by atoms with Gasteiger partial charge in [-0.05, 0) is 54.4 Å². The first-order valence-corrected chi connectivity index (χ1v) is 10.5. The van der Waals surface area contributed by atoms with Gasteiger partial charge in [-0.25, -0.2) is 0 Å². The third-order valence-electron chi connectivity index (χ3n) is 5.48. The van der Waals surface area contributed by atoms with E-state index in [1.165, 1.54) is 0 Å². The zero-order chi connectivity index (χ0) is 22.6. The molecule has 0 aliphatic rings. The van der Waals surface area contributed by atoms with Crippen LogP contribution in [0.25, 0.3) is 22.0 Å². The number of carbonyl (C=O) groups excluding carboxylic acids is 1. The summed E-state index contributed by atoms with van der Waals surface area (Å²) in [5, 5.41) is 10.8. The number of ether oxygens (including phenoxy) is 1. The number of anilines is 1. The molecule has 0 spiro atoms. The van der Waals surface area contributed by atoms with Gasteiger partial charge < -0.3 is 10.1 Å². The summed E-state index contributed by atoms with van der Waals surface area (Å²) in [5.41, 5.74) is 5.78. The number of hydrogen-bond donors (Lipinski definition) is 2. The van der Waals surface area contributed by atoms with Gasteiger partial charge in [0.1, 0.15) is 12.4 Å². The number of aromatic amines is 1. The van der Waals surface area contributed by atoms with E-state index in [1.54, 1.807) is 24.5 Å². The van der Waals surface area contributed by atoms with E-state index in [0.717, 1.165) is 38.9 Å². The minimum Gasteiger partial charge on any atom is -0.489 e. The Bertz CT molecular complexity index is 1420. The molecule has 2 N–H and O–H groups in total. The fraction of sp³-hybridized carbons (Fsp3) is 0.0769. The summed E-state index contributed by atoms with van der Waals surface area (Å²) >= 11 is 0. The maximum atomic E-state index is 12.8. The second-order valence-electron chi connectivity index (χ2n) is 7.60. The van der Waals surface area contributed by atoms with Crippen molar-refractivity contribution in [1.29, 1.82) is 0 Å². The minimum atomic E-state index is -0.288. The molecule has 7 nitrogen and oxygen atoms in total. The van der Waals surface area contributed by atoms with Gasteiger partial charge in [0.25, 0.3) is 5.91 Å². The number of aromatic nitrogens is 4. The quantitative estimate of drug-likeness (QED) is 0.384. The van der Waals surface area contributed by atoms with Crippen LogP contribution in [0, 0.1) is 6.92 Å². The lowest BCUT2D eigenvalue weighted by atomic mass is 9.98. The fourth-order valence-corrected chi connectivity index (χ4v) is 3.66. The van der Waals surface area contributed by atoms with E-state index in [4.69, 9.17) is 4.74 Å². The standard InChI is InChI=1S/C26H21N5O2/c1-17-19(16-33-21-5-3-2-4-6-21)14-28-15-23(17)18-7-8-24-22(13-18)25(31-30-24)26(32)29-20-9-11-27-12-10-20/h2-15H,16H2,1H3,(H,30,31)(H,27,29,32). The number of benzene rings is 2. The Morgan fingerprint density at radius 3 is 2.64 bits per heavy atom. The topological polar surface area (TPSA) is 92.8 Å². The zero-order valence-corrected chi connectivity index (χ0v) is 17.9. The number of fused-ring (bicyclic) bond motifs is 1. The van der Waals surface area contributed by atoms with Gasteiger partial charge in [0.15, 0.2) is 5.69 Å². The molecular formula is C26H21N5O2. The summed E-state index contributed by atoms with van der Waals surface area (Å²) in [5.74, 6) is 0.524. The van der Waals surface area contributed by atoms with Crippen LogP contribution in [-0.2, 0) is 6.61 Å². The van der Waals surface area contributed by atoms with Gasteiger partial charge in [0.2, 0.25) is 0 Å². The minimum absolute atomic E-state index is 0.288. The van der Waals surface area contributed by atoms with Crippen LogP contribution in [0.4, 0.5) is 5.69 Å². The molecule has 2 aromatic carbocycles. The number of carbonyl (C=O) groups is 1. The van der Waals surface area contributed by atoms with Crippen molar-refractivity contribution in [2.75, 3.05) is 5.32 Å². The van der Waals surface area contributed by atoms with Gasteiger partial charge in [0.05, 0.1) is 5.52 Å². The molecule has 0 unspecified atom stereocenters. The lowest BCUT2D eigenvalue weighted by Gasteiger charge is -2.12. The Morgan fingerprint density at radius 1 is 1.00 bits per heavy atom. The average molecular weight is 435 g/mol. The SMILES string of the molecule is Cc1c(COc2ccccc2)cncc1-c1ccc2[nH]nc(C(=O)Nc3ccncc3)c2c1. The smallest absolute Gasteiger partial charge is 0.276 e. The molecular weight excluding hydrogens is 414 g/mol. The fourth-order valence-electron chi connectivity index (χ4n) is 3.66. The highest BCUT2D eigenvalue weighted by molar-refractivity contribution is 6.11. The second kappa shape index (κ2) is 8.92. The number of para-hydroxylation sites is 1. The highest BCUT2D eigenvalue weighted by Gasteiger charge is 2.16. The summed E-state index contributed by atoms with van der Waals surface area (Å²) in [6, 6.07) is 19.1. The van der Waals surface area contributed by atoms with Crippen molar-refractivity contribution < 1.29 is 9.53 Å². The third kappa shape index (κ3) is 4.29. The molecule has 5 aromatic rings. The predicted octanol–water partition coefficient (Wildman–Crippen LogP) is 5.16. The van der Waals surface area contributed by atoms with Crippen molar-refractivity contribution in [3.05, 3.63) is 102 Å². The van der Waals surface area contributed by atoms with E-state index in [0.29, 0.717) is 18.0 Å². The van der Waals surface area contributed by atoms with E-state index in [-0.39, 0.29) is 5.91 Å². The summed E-state index contributed by atoms with van der Waals surface area (Å²) in [7, 11) is 0. The number of nitrogens with zero attached hydrogens (tertiary/aromatic N) is 3. The molecule has 0 fully saturated rings. The lowest BCUT2D eigenvalue weighted by Crippen LogP contribution is -2.12. The summed E-state index contributed by atoms with van der Waals surface area (Å²) in [6.45, 7) is 2.47. The molecule has 3 heterocycles. The Morgan fingerprint density at radius 2 is 1.82 bits per heavy atom. The van der Waals surface area contributed by atoms with Gasteiger partial charge in [-0.2, -0.15) is 5.10 Å². The lowest BCUT2D eigenvalue weighted by molar-refractivity contribution is 0.102. The number of amides is 1. The molecule has 0 aliphatic carbocycles. The molecule has 5 rings (SSSR count). The van der Waals surface area contributed by atoms with Crippen LogP contribution in [0.1, 0.15) is 21.6 Å². The molecule has 0 aliphatic heterocycles. The first kappa shape index (κ1) is 20.4. The third-order valence-corrected chi connectivity index (χ3v) is 5.48. The molecule has 0 saturated heterocycles. The van der Waals surface area contributed by atoms with Crippen molar-refractivity contribution in [3.63, 3.8) is 0 Å². The Balaban J connectivity index is 1.44. The van der Waals surface area contributed by atoms with Crippen LogP contribution in [0.3, 0.4) is 0 Å². The zero-order valence-electron chi connectivity index (χ0n) is 17.9. The Hall–Kier alpha value is -4.52. The number of rotatable bonds is 6. The molecule has 0 radical (unpaired) electrons. The second-order valence-corrected chi connectivity index (χ2v) is 7.60. The summed E-state index contributed by atoms with van der Waals surface area (Å²) < 4.78 is 5.92. The maximum absolute atomic E-state index is 12.8. The van der Waals surface area contributed by atoms with Gasteiger partial charge in [-0.3, -0.25) is 19.9 Å². The highest BCUT2D eigenvalue weighted by atomic mass is 16.5. The molecule has 0 atom stereocenters. The van der Waals surface area contributed by atoms with Crippen LogP contribution in [0.5, 0.6) is 5.75 Å². The first-order valence-electron chi connectivity index (χ1n) is 10.5. The van der Waals surface area contributed by atoms with Gasteiger partial charge in [-0.1, -0.05) is 24.3 Å². The molecule has 33 heavy (non-hydrogen) atoms. The molecule has 0 bridgehead atoms. The van der Waals surface area contributed by atoms with Crippen LogP contribution in [0.15, 0.2) is 85.5 Å². The van der Waals surface area contributed by atoms with Crippen LogP contribution < -0.4 is 10.1 Å². The summed E-state index contributed by atoms with van der Waals surface area (Å²) in [6.07, 6.45) is 6.91. The van der Waals surface area contributed by atoms with E-state index in [1.807, 2.05) is 60.9 Å². The van der Waals surface area contributed by atoms with Crippen molar-refractivity contribution in [1.82, 2.24) is 20.2 Å². The summed E-state index contributed by atoms with van der Waals surface area (Å²) in [4.78, 5) is 21.2. The Labute approximate surface area is 190 Å². The van der Waals surface area contributed by atoms with E-state index in [2.05, 4.69) is 32.4 Å². The number of nitrogens with one attached hydrogen (secondary N) is 2. The average Bonchev–Trinajstić information content (AvgIpc) is 3.28. The van der Waals surface area contributed by atoms with Crippen molar-refractivity contribution in [3.8, 4) is 16.9 Å². The van der Waals surface area contributed by atoms with Crippen molar-refractivity contribution in [2.24, 2.45) is 0 Å². The van der Waals surface area contributed by atoms with Crippen molar-refractivity contribution >= 4 is 22.5 Å². The molecule has 7 heteroatoms. The molecule has 1 amide bonds. The largest absolute Gasteiger partial charge is 0.489 e. The molecule has 0 saturated carbocycles.